The first-order valence-electron chi connectivity index (χ1n) is 21.3. The van der Waals surface area contributed by atoms with Crippen molar-refractivity contribution in [2.45, 2.75) is 251 Å². The molecule has 0 fully saturated rings. The van der Waals surface area contributed by atoms with Crippen molar-refractivity contribution in [1.29, 1.82) is 0 Å². The van der Waals surface area contributed by atoms with E-state index in [0.29, 0.717) is 19.3 Å². The maximum Gasteiger partial charge on any atom is 0.306 e. The number of hydrogen-bond acceptors (Lipinski definition) is 5. The molecule has 0 rings (SSSR count). The van der Waals surface area contributed by atoms with E-state index in [1.165, 1.54) is 141 Å². The molecule has 0 heterocycles. The number of hydrogen-bond donors (Lipinski definition) is 3. The van der Waals surface area contributed by atoms with Gasteiger partial charge in [0.25, 0.3) is 0 Å². The van der Waals surface area contributed by atoms with Crippen molar-refractivity contribution in [3.8, 4) is 0 Å². The minimum Gasteiger partial charge on any atom is -0.462 e. The van der Waals surface area contributed by atoms with E-state index in [1.807, 2.05) is 0 Å². The Morgan fingerprint density at radius 1 is 0.521 bits per heavy atom. The van der Waals surface area contributed by atoms with Gasteiger partial charge in [0.1, 0.15) is 6.10 Å². The number of aliphatic hydroxyl groups excluding tert-OH is 2. The molecule has 1 amide bonds. The molecule has 3 atom stereocenters. The Bertz CT molecular complexity index is 687. The van der Waals surface area contributed by atoms with Gasteiger partial charge in [-0.3, -0.25) is 9.59 Å². The molecule has 48 heavy (non-hydrogen) atoms. The predicted molar refractivity (Wildman–Crippen MR) is 204 cm³/mol. The molecule has 6 nitrogen and oxygen atoms in total. The lowest BCUT2D eigenvalue weighted by Crippen LogP contribution is -2.46. The average Bonchev–Trinajstić information content (AvgIpc) is 3.07. The lowest BCUT2D eigenvalue weighted by molar-refractivity contribution is -0.151. The zero-order valence-corrected chi connectivity index (χ0v) is 32.4. The highest BCUT2D eigenvalue weighted by atomic mass is 16.5. The largest absolute Gasteiger partial charge is 0.462 e. The number of amides is 1. The smallest absolute Gasteiger partial charge is 0.306 e. The van der Waals surface area contributed by atoms with Crippen LogP contribution in [0.4, 0.5) is 0 Å². The number of unbranched alkanes of at least 4 members (excludes halogenated alkanes) is 26. The van der Waals surface area contributed by atoms with Gasteiger partial charge in [-0.2, -0.15) is 0 Å². The quantitative estimate of drug-likeness (QED) is 0.0445. The summed E-state index contributed by atoms with van der Waals surface area (Å²) in [7, 11) is 0. The fourth-order valence-electron chi connectivity index (χ4n) is 6.67. The van der Waals surface area contributed by atoms with Crippen molar-refractivity contribution in [3.05, 3.63) is 0 Å². The first-order chi connectivity index (χ1) is 23.5. The van der Waals surface area contributed by atoms with Gasteiger partial charge in [-0.25, -0.2) is 0 Å². The molecule has 3 N–H and O–H groups in total. The zero-order chi connectivity index (χ0) is 35.3. The highest BCUT2D eigenvalue weighted by Crippen LogP contribution is 2.18. The van der Waals surface area contributed by atoms with E-state index >= 15 is 0 Å². The molecule has 0 spiro atoms. The third kappa shape index (κ3) is 32.1. The highest BCUT2D eigenvalue weighted by molar-refractivity contribution is 5.77. The van der Waals surface area contributed by atoms with Crippen molar-refractivity contribution in [3.63, 3.8) is 0 Å². The Labute approximate surface area is 298 Å². The molecular formula is C42H83NO5. The SMILES string of the molecule is CCCCCCCCCCCCCCC(=O)OC(CCCCCCCCCC)CC(=O)NC(CO)C(O)CCCCCCCCCCC. The van der Waals surface area contributed by atoms with Crippen LogP contribution in [0.2, 0.25) is 0 Å². The normalized spacial score (nSPS) is 13.4. The van der Waals surface area contributed by atoms with Gasteiger partial charge < -0.3 is 20.3 Å². The van der Waals surface area contributed by atoms with E-state index < -0.39 is 18.2 Å². The number of aliphatic hydroxyl groups is 2. The summed E-state index contributed by atoms with van der Waals surface area (Å²) in [6.45, 7) is 6.43. The molecule has 3 unspecified atom stereocenters. The van der Waals surface area contributed by atoms with Crippen molar-refractivity contribution < 1.29 is 24.5 Å². The lowest BCUT2D eigenvalue weighted by atomic mass is 10.0. The van der Waals surface area contributed by atoms with Crippen molar-refractivity contribution in [1.82, 2.24) is 5.32 Å². The summed E-state index contributed by atoms with van der Waals surface area (Å²) in [5.74, 6) is -0.466. The number of esters is 1. The molecule has 0 aliphatic carbocycles. The van der Waals surface area contributed by atoms with E-state index in [-0.39, 0.29) is 24.9 Å². The molecule has 0 aliphatic rings. The number of nitrogens with one attached hydrogen (secondary N) is 1. The van der Waals surface area contributed by atoms with Gasteiger partial charge in [0, 0.05) is 6.42 Å². The number of ether oxygens (including phenoxy) is 1. The van der Waals surface area contributed by atoms with Crippen molar-refractivity contribution >= 4 is 11.9 Å². The fourth-order valence-corrected chi connectivity index (χ4v) is 6.67. The summed E-state index contributed by atoms with van der Waals surface area (Å²) in [5.41, 5.74) is 0. The van der Waals surface area contributed by atoms with Crippen LogP contribution in [0.1, 0.15) is 233 Å². The maximum absolute atomic E-state index is 13.0. The van der Waals surface area contributed by atoms with Crippen molar-refractivity contribution in [2.24, 2.45) is 0 Å². The van der Waals surface area contributed by atoms with E-state index in [2.05, 4.69) is 26.1 Å². The minimum atomic E-state index is -0.775. The minimum absolute atomic E-state index is 0.0853. The van der Waals surface area contributed by atoms with Gasteiger partial charge in [-0.1, -0.05) is 194 Å². The number of rotatable bonds is 38. The number of carbonyl (C=O) groups is 2. The van der Waals surface area contributed by atoms with E-state index in [0.717, 1.165) is 44.9 Å². The Hall–Kier alpha value is -1.14. The van der Waals surface area contributed by atoms with Crippen LogP contribution in [-0.4, -0.2) is 46.9 Å². The van der Waals surface area contributed by atoms with Crippen LogP contribution in [0.25, 0.3) is 0 Å². The number of carbonyl (C=O) groups excluding carboxylic acids is 2. The van der Waals surface area contributed by atoms with Gasteiger partial charge in [0.2, 0.25) is 5.91 Å². The molecule has 0 radical (unpaired) electrons. The standard InChI is InChI=1S/C42H83NO5/c1-4-7-10-13-16-19-20-21-23-26-29-32-35-42(47)48-38(33-30-27-24-18-15-12-9-6-3)36-41(46)43-39(37-44)40(45)34-31-28-25-22-17-14-11-8-5-2/h38-40,44-45H,4-37H2,1-3H3,(H,43,46). The maximum atomic E-state index is 13.0. The summed E-state index contributed by atoms with van der Waals surface area (Å²) in [6, 6.07) is -0.688. The molecular weight excluding hydrogens is 598 g/mol. The van der Waals surface area contributed by atoms with Crippen LogP contribution in [-0.2, 0) is 14.3 Å². The van der Waals surface area contributed by atoms with Gasteiger partial charge in [0.05, 0.1) is 25.2 Å². The Kier molecular flexibility index (Phi) is 36.2. The van der Waals surface area contributed by atoms with E-state index in [1.54, 1.807) is 0 Å². The summed E-state index contributed by atoms with van der Waals surface area (Å²) in [5, 5.41) is 23.5. The Balaban J connectivity index is 4.50. The summed E-state index contributed by atoms with van der Waals surface area (Å²) < 4.78 is 5.86. The molecule has 286 valence electrons. The van der Waals surface area contributed by atoms with Crippen LogP contribution in [0, 0.1) is 0 Å². The van der Waals surface area contributed by atoms with Gasteiger partial charge in [-0.15, -0.1) is 0 Å². The topological polar surface area (TPSA) is 95.9 Å². The molecule has 0 bridgehead atoms. The van der Waals surface area contributed by atoms with Crippen LogP contribution in [0.5, 0.6) is 0 Å². The van der Waals surface area contributed by atoms with Gasteiger partial charge >= 0.3 is 5.97 Å². The molecule has 6 heteroatoms. The third-order valence-electron chi connectivity index (χ3n) is 9.94. The Morgan fingerprint density at radius 3 is 1.27 bits per heavy atom. The zero-order valence-electron chi connectivity index (χ0n) is 32.4. The molecule has 0 aliphatic heterocycles. The van der Waals surface area contributed by atoms with E-state index in [4.69, 9.17) is 4.74 Å². The fraction of sp³-hybridized carbons (Fsp3) is 0.952. The monoisotopic (exact) mass is 682 g/mol. The Morgan fingerprint density at radius 2 is 0.875 bits per heavy atom. The summed E-state index contributed by atoms with van der Waals surface area (Å²) in [6.07, 6.45) is 35.9. The lowest BCUT2D eigenvalue weighted by Gasteiger charge is -2.24. The van der Waals surface area contributed by atoms with Crippen LogP contribution in [0.3, 0.4) is 0 Å². The first kappa shape index (κ1) is 46.9. The first-order valence-corrected chi connectivity index (χ1v) is 21.3. The van der Waals surface area contributed by atoms with Crippen LogP contribution >= 0.6 is 0 Å². The predicted octanol–water partition coefficient (Wildman–Crippen LogP) is 11.7. The highest BCUT2D eigenvalue weighted by Gasteiger charge is 2.24. The van der Waals surface area contributed by atoms with Crippen molar-refractivity contribution in [2.75, 3.05) is 6.61 Å². The summed E-state index contributed by atoms with van der Waals surface area (Å²) in [4.78, 5) is 25.8. The third-order valence-corrected chi connectivity index (χ3v) is 9.94. The van der Waals surface area contributed by atoms with Gasteiger partial charge in [-0.05, 0) is 25.7 Å². The second-order valence-electron chi connectivity index (χ2n) is 14.8. The molecule has 0 aromatic carbocycles. The van der Waals surface area contributed by atoms with Crippen LogP contribution < -0.4 is 5.32 Å². The second-order valence-corrected chi connectivity index (χ2v) is 14.8. The summed E-state index contributed by atoms with van der Waals surface area (Å²) >= 11 is 0. The molecule has 0 saturated carbocycles. The molecule has 0 aromatic rings. The molecule has 0 saturated heterocycles. The molecule has 0 aromatic heterocycles. The van der Waals surface area contributed by atoms with Gasteiger partial charge in [0.15, 0.2) is 0 Å². The van der Waals surface area contributed by atoms with E-state index in [9.17, 15) is 19.8 Å². The average molecular weight is 682 g/mol. The second kappa shape index (κ2) is 37.1. The van der Waals surface area contributed by atoms with Crippen LogP contribution in [0.15, 0.2) is 0 Å².